The fourth-order valence-corrected chi connectivity index (χ4v) is 4.74. The fourth-order valence-electron chi connectivity index (χ4n) is 3.27. The summed E-state index contributed by atoms with van der Waals surface area (Å²) in [5.74, 6) is 1.17. The van der Waals surface area contributed by atoms with Crippen LogP contribution in [0.3, 0.4) is 0 Å². The zero-order valence-electron chi connectivity index (χ0n) is 17.1. The van der Waals surface area contributed by atoms with Gasteiger partial charge in [-0.3, -0.25) is 4.79 Å². The summed E-state index contributed by atoms with van der Waals surface area (Å²) < 4.78 is 37.2. The number of hydrogen-bond donors (Lipinski definition) is 1. The standard InChI is InChI=1S/C22H26N2O5S/c1-28-19-6-3-17(4-7-19)5-12-22(25)23-18-13-15-24(16-14-18)30(26,27)21-10-8-20(29-2)9-11-21/h3-12,18H,13-16H2,1-2H3,(H,23,25)/b12-5+. The lowest BCUT2D eigenvalue weighted by molar-refractivity contribution is -0.117. The van der Waals surface area contributed by atoms with Gasteiger partial charge in [0.15, 0.2) is 0 Å². The van der Waals surface area contributed by atoms with E-state index in [2.05, 4.69) is 5.32 Å². The number of carbonyl (C=O) groups excluding carboxylic acids is 1. The Morgan fingerprint density at radius 3 is 2.03 bits per heavy atom. The molecule has 160 valence electrons. The van der Waals surface area contributed by atoms with Gasteiger partial charge in [0, 0.05) is 25.2 Å². The summed E-state index contributed by atoms with van der Waals surface area (Å²) in [6, 6.07) is 13.7. The monoisotopic (exact) mass is 430 g/mol. The molecule has 7 nitrogen and oxygen atoms in total. The molecule has 0 aliphatic carbocycles. The largest absolute Gasteiger partial charge is 0.497 e. The van der Waals surface area contributed by atoms with Crippen molar-refractivity contribution in [1.82, 2.24) is 9.62 Å². The van der Waals surface area contributed by atoms with Crippen molar-refractivity contribution in [3.05, 3.63) is 60.2 Å². The molecule has 1 amide bonds. The van der Waals surface area contributed by atoms with E-state index in [1.807, 2.05) is 24.3 Å². The summed E-state index contributed by atoms with van der Waals surface area (Å²) in [5, 5.41) is 2.95. The summed E-state index contributed by atoms with van der Waals surface area (Å²) in [4.78, 5) is 12.4. The first-order valence-electron chi connectivity index (χ1n) is 9.69. The smallest absolute Gasteiger partial charge is 0.244 e. The van der Waals surface area contributed by atoms with Crippen LogP contribution in [-0.4, -0.2) is 52.0 Å². The molecule has 1 aliphatic rings. The topological polar surface area (TPSA) is 84.9 Å². The van der Waals surface area contributed by atoms with Crippen LogP contribution in [0, 0.1) is 0 Å². The molecular formula is C22H26N2O5S. The highest BCUT2D eigenvalue weighted by Gasteiger charge is 2.29. The minimum Gasteiger partial charge on any atom is -0.497 e. The van der Waals surface area contributed by atoms with E-state index in [1.54, 1.807) is 37.5 Å². The average molecular weight is 431 g/mol. The Hall–Kier alpha value is -2.84. The van der Waals surface area contributed by atoms with E-state index < -0.39 is 10.0 Å². The normalized spacial score (nSPS) is 15.8. The lowest BCUT2D eigenvalue weighted by Crippen LogP contribution is -2.46. The molecular weight excluding hydrogens is 404 g/mol. The number of nitrogens with one attached hydrogen (secondary N) is 1. The zero-order valence-corrected chi connectivity index (χ0v) is 17.9. The number of amides is 1. The molecule has 1 heterocycles. The second-order valence-corrected chi connectivity index (χ2v) is 8.91. The molecule has 0 unspecified atom stereocenters. The van der Waals surface area contributed by atoms with Gasteiger partial charge in [-0.15, -0.1) is 0 Å². The number of rotatable bonds is 7. The minimum absolute atomic E-state index is 0.0552. The molecule has 1 N–H and O–H groups in total. The van der Waals surface area contributed by atoms with Crippen LogP contribution >= 0.6 is 0 Å². The highest BCUT2D eigenvalue weighted by atomic mass is 32.2. The van der Waals surface area contributed by atoms with Gasteiger partial charge in [0.05, 0.1) is 19.1 Å². The number of sulfonamides is 1. The highest BCUT2D eigenvalue weighted by molar-refractivity contribution is 7.89. The van der Waals surface area contributed by atoms with E-state index in [0.29, 0.717) is 31.7 Å². The lowest BCUT2D eigenvalue weighted by atomic mass is 10.1. The van der Waals surface area contributed by atoms with Gasteiger partial charge in [0.25, 0.3) is 0 Å². The van der Waals surface area contributed by atoms with E-state index in [4.69, 9.17) is 9.47 Å². The Morgan fingerprint density at radius 2 is 1.50 bits per heavy atom. The van der Waals surface area contributed by atoms with Gasteiger partial charge in [-0.05, 0) is 60.9 Å². The molecule has 0 spiro atoms. The zero-order chi connectivity index (χ0) is 21.6. The summed E-state index contributed by atoms with van der Waals surface area (Å²) in [5.41, 5.74) is 0.895. The van der Waals surface area contributed by atoms with Crippen molar-refractivity contribution in [3.8, 4) is 11.5 Å². The van der Waals surface area contributed by atoms with Crippen LogP contribution in [0.25, 0.3) is 6.08 Å². The number of carbonyl (C=O) groups is 1. The maximum Gasteiger partial charge on any atom is 0.244 e. The summed E-state index contributed by atoms with van der Waals surface area (Å²) >= 11 is 0. The van der Waals surface area contributed by atoms with Crippen molar-refractivity contribution in [3.63, 3.8) is 0 Å². The quantitative estimate of drug-likeness (QED) is 0.683. The molecule has 0 radical (unpaired) electrons. The van der Waals surface area contributed by atoms with Crippen LogP contribution in [0.15, 0.2) is 59.5 Å². The Balaban J connectivity index is 1.51. The Labute approximate surface area is 177 Å². The van der Waals surface area contributed by atoms with Crippen molar-refractivity contribution in [1.29, 1.82) is 0 Å². The predicted molar refractivity (Wildman–Crippen MR) is 115 cm³/mol. The number of methoxy groups -OCH3 is 2. The maximum absolute atomic E-state index is 12.8. The first-order valence-corrected chi connectivity index (χ1v) is 11.1. The number of ether oxygens (including phenoxy) is 2. The van der Waals surface area contributed by atoms with E-state index in [9.17, 15) is 13.2 Å². The molecule has 3 rings (SSSR count). The van der Waals surface area contributed by atoms with Crippen LogP contribution in [-0.2, 0) is 14.8 Å². The first-order chi connectivity index (χ1) is 14.4. The van der Waals surface area contributed by atoms with Crippen molar-refractivity contribution >= 4 is 22.0 Å². The fraction of sp³-hybridized carbons (Fsp3) is 0.318. The van der Waals surface area contributed by atoms with E-state index in [0.717, 1.165) is 11.3 Å². The molecule has 1 aliphatic heterocycles. The maximum atomic E-state index is 12.8. The third kappa shape index (κ3) is 5.40. The molecule has 0 atom stereocenters. The molecule has 8 heteroatoms. The predicted octanol–water partition coefficient (Wildman–Crippen LogP) is 2.69. The molecule has 2 aromatic carbocycles. The third-order valence-electron chi connectivity index (χ3n) is 5.04. The van der Waals surface area contributed by atoms with E-state index in [-0.39, 0.29) is 16.8 Å². The van der Waals surface area contributed by atoms with Gasteiger partial charge in [0.2, 0.25) is 15.9 Å². The van der Waals surface area contributed by atoms with Crippen molar-refractivity contribution in [2.24, 2.45) is 0 Å². The molecule has 1 fully saturated rings. The van der Waals surface area contributed by atoms with Crippen LogP contribution in [0.5, 0.6) is 11.5 Å². The van der Waals surface area contributed by atoms with Gasteiger partial charge >= 0.3 is 0 Å². The van der Waals surface area contributed by atoms with Gasteiger partial charge in [-0.2, -0.15) is 4.31 Å². The molecule has 0 bridgehead atoms. The number of piperidine rings is 1. The molecule has 0 saturated carbocycles. The van der Waals surface area contributed by atoms with Crippen molar-refractivity contribution in [2.45, 2.75) is 23.8 Å². The summed E-state index contributed by atoms with van der Waals surface area (Å²) in [7, 11) is -0.411. The second kappa shape index (κ2) is 9.77. The van der Waals surface area contributed by atoms with Crippen molar-refractivity contribution in [2.75, 3.05) is 27.3 Å². The van der Waals surface area contributed by atoms with Crippen LogP contribution in [0.2, 0.25) is 0 Å². The van der Waals surface area contributed by atoms with Crippen LogP contribution in [0.1, 0.15) is 18.4 Å². The van der Waals surface area contributed by atoms with Gasteiger partial charge in [0.1, 0.15) is 11.5 Å². The molecule has 2 aromatic rings. The Morgan fingerprint density at radius 1 is 0.967 bits per heavy atom. The van der Waals surface area contributed by atoms with Crippen LogP contribution < -0.4 is 14.8 Å². The SMILES string of the molecule is COc1ccc(/C=C/C(=O)NC2CCN(S(=O)(=O)c3ccc(OC)cc3)CC2)cc1. The Bertz CT molecular complexity index is 977. The number of nitrogens with zero attached hydrogens (tertiary/aromatic N) is 1. The summed E-state index contributed by atoms with van der Waals surface area (Å²) in [6.07, 6.45) is 4.36. The highest BCUT2D eigenvalue weighted by Crippen LogP contribution is 2.23. The first kappa shape index (κ1) is 21.9. The van der Waals surface area contributed by atoms with Gasteiger partial charge < -0.3 is 14.8 Å². The van der Waals surface area contributed by atoms with E-state index >= 15 is 0 Å². The molecule has 0 aromatic heterocycles. The van der Waals surface area contributed by atoms with Gasteiger partial charge in [-0.1, -0.05) is 12.1 Å². The Kier molecular flexibility index (Phi) is 7.12. The number of benzene rings is 2. The van der Waals surface area contributed by atoms with Crippen LogP contribution in [0.4, 0.5) is 0 Å². The molecule has 1 saturated heterocycles. The second-order valence-electron chi connectivity index (χ2n) is 6.97. The lowest BCUT2D eigenvalue weighted by Gasteiger charge is -2.31. The number of hydrogen-bond acceptors (Lipinski definition) is 5. The van der Waals surface area contributed by atoms with Crippen molar-refractivity contribution < 1.29 is 22.7 Å². The summed E-state index contributed by atoms with van der Waals surface area (Å²) in [6.45, 7) is 0.725. The minimum atomic E-state index is -3.55. The van der Waals surface area contributed by atoms with E-state index in [1.165, 1.54) is 17.5 Å². The molecule has 30 heavy (non-hydrogen) atoms. The third-order valence-corrected chi connectivity index (χ3v) is 6.95. The van der Waals surface area contributed by atoms with Gasteiger partial charge in [-0.25, -0.2) is 8.42 Å². The average Bonchev–Trinajstić information content (AvgIpc) is 2.78.